The van der Waals surface area contributed by atoms with Gasteiger partial charge in [0, 0.05) is 32.4 Å². The number of carbonyl (C=O) groups excluding carboxylic acids is 1. The van der Waals surface area contributed by atoms with Gasteiger partial charge in [-0.3, -0.25) is 4.79 Å². The summed E-state index contributed by atoms with van der Waals surface area (Å²) in [5.41, 5.74) is 0.863. The fraction of sp³-hybridized carbons (Fsp3) is 0.550. The topological polar surface area (TPSA) is 87.5 Å². The summed E-state index contributed by atoms with van der Waals surface area (Å²) in [6.45, 7) is 5.87. The van der Waals surface area contributed by atoms with E-state index < -0.39 is 0 Å². The van der Waals surface area contributed by atoms with E-state index in [1.165, 1.54) is 11.8 Å². The number of nitrogens with one attached hydrogen (secondary N) is 1. The van der Waals surface area contributed by atoms with Crippen LogP contribution in [0.1, 0.15) is 26.7 Å². The van der Waals surface area contributed by atoms with Gasteiger partial charge in [0.05, 0.1) is 19.5 Å². The van der Waals surface area contributed by atoms with Crippen LogP contribution in [0.2, 0.25) is 0 Å². The van der Waals surface area contributed by atoms with Crippen LogP contribution < -0.4 is 14.8 Å². The summed E-state index contributed by atoms with van der Waals surface area (Å²) >= 11 is 1.40. The Morgan fingerprint density at radius 1 is 1.21 bits per heavy atom. The molecule has 1 heterocycles. The molecule has 1 atom stereocenters. The minimum atomic E-state index is -0.273. The van der Waals surface area contributed by atoms with E-state index in [0.717, 1.165) is 18.4 Å². The number of nitrogens with zero attached hydrogens (tertiary/aromatic N) is 3. The zero-order valence-electron chi connectivity index (χ0n) is 17.7. The van der Waals surface area contributed by atoms with Gasteiger partial charge in [-0.2, -0.15) is 0 Å². The minimum absolute atomic E-state index is 0.00374. The molecule has 0 fully saturated rings. The monoisotopic (exact) mass is 422 g/mol. The van der Waals surface area contributed by atoms with E-state index in [0.29, 0.717) is 42.2 Å². The van der Waals surface area contributed by atoms with E-state index in [1.807, 2.05) is 36.6 Å². The van der Waals surface area contributed by atoms with Gasteiger partial charge in [0.25, 0.3) is 0 Å². The van der Waals surface area contributed by atoms with E-state index in [2.05, 4.69) is 15.5 Å². The van der Waals surface area contributed by atoms with Gasteiger partial charge in [0.1, 0.15) is 0 Å². The van der Waals surface area contributed by atoms with Crippen LogP contribution in [0.3, 0.4) is 0 Å². The van der Waals surface area contributed by atoms with E-state index in [4.69, 9.17) is 14.2 Å². The van der Waals surface area contributed by atoms with Gasteiger partial charge in [-0.15, -0.1) is 10.2 Å². The highest BCUT2D eigenvalue weighted by Crippen LogP contribution is 2.33. The van der Waals surface area contributed by atoms with Gasteiger partial charge in [0.15, 0.2) is 22.5 Å². The molecule has 1 N–H and O–H groups in total. The quantitative estimate of drug-likeness (QED) is 0.415. The van der Waals surface area contributed by atoms with Crippen molar-refractivity contribution in [3.63, 3.8) is 0 Å². The van der Waals surface area contributed by atoms with Crippen molar-refractivity contribution in [2.24, 2.45) is 0 Å². The van der Waals surface area contributed by atoms with E-state index in [-0.39, 0.29) is 11.2 Å². The van der Waals surface area contributed by atoms with Crippen molar-refractivity contribution in [1.82, 2.24) is 20.1 Å². The van der Waals surface area contributed by atoms with E-state index in [1.54, 1.807) is 21.3 Å². The number of ether oxygens (including phenoxy) is 3. The number of hydrogen-bond donors (Lipinski definition) is 1. The van der Waals surface area contributed by atoms with Crippen molar-refractivity contribution in [1.29, 1.82) is 0 Å². The van der Waals surface area contributed by atoms with Gasteiger partial charge in [0.2, 0.25) is 5.91 Å². The van der Waals surface area contributed by atoms with E-state index >= 15 is 0 Å². The zero-order chi connectivity index (χ0) is 21.2. The van der Waals surface area contributed by atoms with Gasteiger partial charge >= 0.3 is 0 Å². The van der Waals surface area contributed by atoms with Gasteiger partial charge in [-0.1, -0.05) is 18.7 Å². The van der Waals surface area contributed by atoms with Crippen molar-refractivity contribution >= 4 is 17.7 Å². The summed E-state index contributed by atoms with van der Waals surface area (Å²) in [4.78, 5) is 12.3. The van der Waals surface area contributed by atoms with Crippen molar-refractivity contribution in [3.05, 3.63) is 18.2 Å². The molecule has 1 unspecified atom stereocenters. The molecule has 1 amide bonds. The van der Waals surface area contributed by atoms with Gasteiger partial charge < -0.3 is 24.1 Å². The predicted octanol–water partition coefficient (Wildman–Crippen LogP) is 3.01. The lowest BCUT2D eigenvalue weighted by Crippen LogP contribution is -2.31. The molecule has 8 nitrogen and oxygen atoms in total. The number of carbonyl (C=O) groups is 1. The summed E-state index contributed by atoms with van der Waals surface area (Å²) in [6.07, 6.45) is 1.71. The Morgan fingerprint density at radius 2 is 1.97 bits per heavy atom. The second-order valence-corrected chi connectivity index (χ2v) is 7.73. The summed E-state index contributed by atoms with van der Waals surface area (Å²) in [5, 5.41) is 12.1. The Hall–Kier alpha value is -2.26. The van der Waals surface area contributed by atoms with Crippen molar-refractivity contribution in [2.75, 3.05) is 34.5 Å². The molecule has 1 aromatic heterocycles. The van der Waals surface area contributed by atoms with Crippen molar-refractivity contribution in [2.45, 2.75) is 43.6 Å². The average Bonchev–Trinajstić information content (AvgIpc) is 3.13. The third-order valence-electron chi connectivity index (χ3n) is 4.29. The summed E-state index contributed by atoms with van der Waals surface area (Å²) < 4.78 is 18.0. The molecule has 2 aromatic rings. The number of thioether (sulfide) groups is 1. The highest BCUT2D eigenvalue weighted by Gasteiger charge is 2.21. The van der Waals surface area contributed by atoms with Crippen molar-refractivity contribution in [3.8, 4) is 22.9 Å². The highest BCUT2D eigenvalue weighted by atomic mass is 32.2. The Morgan fingerprint density at radius 3 is 2.62 bits per heavy atom. The fourth-order valence-corrected chi connectivity index (χ4v) is 3.64. The molecule has 0 spiro atoms. The van der Waals surface area contributed by atoms with Crippen LogP contribution in [0, 0.1) is 0 Å². The van der Waals surface area contributed by atoms with Crippen LogP contribution in [0.25, 0.3) is 11.4 Å². The minimum Gasteiger partial charge on any atom is -0.493 e. The lowest BCUT2D eigenvalue weighted by molar-refractivity contribution is -0.120. The van der Waals surface area contributed by atoms with Gasteiger partial charge in [-0.05, 0) is 38.0 Å². The highest BCUT2D eigenvalue weighted by molar-refractivity contribution is 8.00. The summed E-state index contributed by atoms with van der Waals surface area (Å²) in [6, 6.07) is 5.64. The largest absolute Gasteiger partial charge is 0.493 e. The van der Waals surface area contributed by atoms with Crippen LogP contribution in [0.4, 0.5) is 0 Å². The second-order valence-electron chi connectivity index (χ2n) is 6.43. The molecule has 1 aromatic carbocycles. The smallest absolute Gasteiger partial charge is 0.233 e. The van der Waals surface area contributed by atoms with E-state index in [9.17, 15) is 4.79 Å². The molecule has 0 saturated heterocycles. The molecule has 0 aliphatic heterocycles. The molecule has 2 rings (SSSR count). The SMILES string of the molecule is CCCNC(=O)C(C)Sc1nnc(-c2ccc(OC)c(OC)c2)n1CCCOC. The third kappa shape index (κ3) is 6.11. The predicted molar refractivity (Wildman–Crippen MR) is 114 cm³/mol. The summed E-state index contributed by atoms with van der Waals surface area (Å²) in [7, 11) is 4.88. The first-order valence-electron chi connectivity index (χ1n) is 9.64. The van der Waals surface area contributed by atoms with Crippen LogP contribution in [0.15, 0.2) is 23.4 Å². The average molecular weight is 423 g/mol. The maximum Gasteiger partial charge on any atom is 0.233 e. The number of aromatic nitrogens is 3. The normalized spacial score (nSPS) is 11.9. The Kier molecular flexibility index (Phi) is 9.27. The van der Waals surface area contributed by atoms with Crippen LogP contribution in [-0.4, -0.2) is 60.4 Å². The second kappa shape index (κ2) is 11.7. The zero-order valence-corrected chi connectivity index (χ0v) is 18.5. The number of benzene rings is 1. The first-order chi connectivity index (χ1) is 14.0. The molecule has 9 heteroatoms. The molecule has 0 saturated carbocycles. The van der Waals surface area contributed by atoms with Crippen LogP contribution in [0.5, 0.6) is 11.5 Å². The Bertz CT molecular complexity index is 797. The lowest BCUT2D eigenvalue weighted by Gasteiger charge is -2.14. The summed E-state index contributed by atoms with van der Waals surface area (Å²) in [5.74, 6) is 1.98. The molecular weight excluding hydrogens is 392 g/mol. The maximum absolute atomic E-state index is 12.3. The first-order valence-corrected chi connectivity index (χ1v) is 10.5. The molecule has 0 aliphatic rings. The molecular formula is C20H30N4O4S. The van der Waals surface area contributed by atoms with Crippen LogP contribution >= 0.6 is 11.8 Å². The maximum atomic E-state index is 12.3. The standard InChI is InChI=1S/C20H30N4O4S/c1-6-10-21-19(25)14(2)29-20-23-22-18(24(20)11-7-12-26-3)15-8-9-16(27-4)17(13-15)28-5/h8-9,13-14H,6-7,10-12H2,1-5H3,(H,21,25). The number of rotatable bonds is 12. The first kappa shape index (κ1) is 23.0. The lowest BCUT2D eigenvalue weighted by atomic mass is 10.2. The molecule has 29 heavy (non-hydrogen) atoms. The Balaban J connectivity index is 2.32. The molecule has 0 aliphatic carbocycles. The van der Waals surface area contributed by atoms with Crippen LogP contribution in [-0.2, 0) is 16.1 Å². The number of hydrogen-bond acceptors (Lipinski definition) is 7. The molecule has 160 valence electrons. The fourth-order valence-electron chi connectivity index (χ4n) is 2.74. The Labute approximate surface area is 176 Å². The third-order valence-corrected chi connectivity index (χ3v) is 5.37. The molecule has 0 bridgehead atoms. The van der Waals surface area contributed by atoms with Gasteiger partial charge in [-0.25, -0.2) is 0 Å². The molecule has 0 radical (unpaired) electrons. The number of methoxy groups -OCH3 is 3. The van der Waals surface area contributed by atoms with Crippen molar-refractivity contribution < 1.29 is 19.0 Å². The number of amides is 1.